The molecule has 2 aromatic rings. The molecule has 0 radical (unpaired) electrons. The molecule has 0 bridgehead atoms. The third-order valence-electron chi connectivity index (χ3n) is 3.77. The highest BCUT2D eigenvalue weighted by atomic mass is 35.5. The topological polar surface area (TPSA) is 54.0 Å². The maximum absolute atomic E-state index is 12.1. The van der Waals surface area contributed by atoms with E-state index in [1.165, 1.54) is 0 Å². The number of halogens is 3. The summed E-state index contributed by atoms with van der Waals surface area (Å²) in [7, 11) is 0. The Morgan fingerprint density at radius 2 is 2.04 bits per heavy atom. The van der Waals surface area contributed by atoms with Gasteiger partial charge in [-0.05, 0) is 30.2 Å². The molecule has 1 aromatic carbocycles. The fourth-order valence-electron chi connectivity index (χ4n) is 2.20. The number of benzene rings is 1. The number of thioether (sulfide) groups is 1. The molecule has 3 rings (SSSR count). The second-order valence-electron chi connectivity index (χ2n) is 5.77. The summed E-state index contributed by atoms with van der Waals surface area (Å²) >= 11 is 19.5. The van der Waals surface area contributed by atoms with Gasteiger partial charge in [-0.15, -0.1) is 35.0 Å². The van der Waals surface area contributed by atoms with Crippen LogP contribution in [0.15, 0.2) is 47.5 Å². The molecule has 1 aliphatic carbocycles. The summed E-state index contributed by atoms with van der Waals surface area (Å²) in [5.74, 6) is 1.11. The number of hydrogen-bond acceptors (Lipinski definition) is 3. The first kappa shape index (κ1) is 18.6. The fourth-order valence-corrected chi connectivity index (χ4v) is 4.25. The highest BCUT2D eigenvalue weighted by Gasteiger charge is 2.51. The molecule has 0 spiro atoms. The molecule has 132 valence electrons. The van der Waals surface area contributed by atoms with E-state index in [1.807, 2.05) is 30.3 Å². The van der Waals surface area contributed by atoms with E-state index in [0.29, 0.717) is 17.6 Å². The number of pyridine rings is 1. The van der Waals surface area contributed by atoms with Crippen LogP contribution in [0.25, 0.3) is 0 Å². The summed E-state index contributed by atoms with van der Waals surface area (Å²) in [6, 6.07) is 10.9. The molecule has 1 saturated carbocycles. The molecule has 0 saturated heterocycles. The highest BCUT2D eigenvalue weighted by molar-refractivity contribution is 7.99. The monoisotopic (exact) mass is 415 g/mol. The van der Waals surface area contributed by atoms with Crippen molar-refractivity contribution in [2.75, 3.05) is 11.1 Å². The molecule has 2 N–H and O–H groups in total. The fraction of sp³-hybridized carbons (Fsp3) is 0.294. The van der Waals surface area contributed by atoms with Crippen LogP contribution in [0.3, 0.4) is 0 Å². The number of hydrogen-bond donors (Lipinski definition) is 2. The van der Waals surface area contributed by atoms with E-state index in [4.69, 9.17) is 34.8 Å². The molecule has 1 fully saturated rings. The Morgan fingerprint density at radius 1 is 1.28 bits per heavy atom. The van der Waals surface area contributed by atoms with Gasteiger partial charge in [-0.2, -0.15) is 0 Å². The standard InChI is InChI=1S/C17H16Cl3N3OS/c18-15-6-5-11(8-21-15)9-22-16(24)23-13-3-1-2-4-14(13)25-10-12-7-17(12,19)20/h1-6,8,12H,7,9-10H2,(H2,22,23,24). The Hall–Kier alpha value is -1.14. The summed E-state index contributed by atoms with van der Waals surface area (Å²) in [5.41, 5.74) is 1.63. The average Bonchev–Trinajstić information content (AvgIpc) is 3.20. The molecule has 8 heteroatoms. The van der Waals surface area contributed by atoms with Crippen LogP contribution in [0.5, 0.6) is 0 Å². The first-order valence-electron chi connectivity index (χ1n) is 7.69. The SMILES string of the molecule is O=C(NCc1ccc(Cl)nc1)Nc1ccccc1SCC1CC1(Cl)Cl. The second kappa shape index (κ2) is 8.04. The molecular formula is C17H16Cl3N3OS. The maximum Gasteiger partial charge on any atom is 0.319 e. The van der Waals surface area contributed by atoms with Crippen molar-refractivity contribution in [3.8, 4) is 0 Å². The molecule has 1 unspecified atom stereocenters. The average molecular weight is 417 g/mol. The minimum Gasteiger partial charge on any atom is -0.334 e. The first-order valence-corrected chi connectivity index (χ1v) is 9.81. The normalized spacial score (nSPS) is 17.8. The van der Waals surface area contributed by atoms with Gasteiger partial charge in [-0.3, -0.25) is 0 Å². The first-order chi connectivity index (χ1) is 11.9. The zero-order chi connectivity index (χ0) is 17.9. The minimum atomic E-state index is -0.584. The van der Waals surface area contributed by atoms with Crippen LogP contribution in [-0.4, -0.2) is 21.1 Å². The van der Waals surface area contributed by atoms with E-state index in [1.54, 1.807) is 24.0 Å². The number of carbonyl (C=O) groups excluding carboxylic acids is 1. The number of urea groups is 1. The van der Waals surface area contributed by atoms with Crippen LogP contribution in [0, 0.1) is 5.92 Å². The van der Waals surface area contributed by atoms with Crippen LogP contribution in [0.2, 0.25) is 5.15 Å². The van der Waals surface area contributed by atoms with Crippen LogP contribution in [0.4, 0.5) is 10.5 Å². The highest BCUT2D eigenvalue weighted by Crippen LogP contribution is 2.55. The number of nitrogens with one attached hydrogen (secondary N) is 2. The molecule has 1 atom stereocenters. The Labute approximate surface area is 165 Å². The molecule has 0 aliphatic heterocycles. The van der Waals surface area contributed by atoms with Gasteiger partial charge in [-0.25, -0.2) is 9.78 Å². The second-order valence-corrected chi connectivity index (χ2v) is 8.76. The van der Waals surface area contributed by atoms with Crippen molar-refractivity contribution in [3.63, 3.8) is 0 Å². The lowest BCUT2D eigenvalue weighted by Crippen LogP contribution is -2.28. The zero-order valence-electron chi connectivity index (χ0n) is 13.1. The minimum absolute atomic E-state index is 0.279. The smallest absolute Gasteiger partial charge is 0.319 e. The van der Waals surface area contributed by atoms with Gasteiger partial charge in [0.05, 0.1) is 5.69 Å². The van der Waals surface area contributed by atoms with Crippen LogP contribution in [0.1, 0.15) is 12.0 Å². The zero-order valence-corrected chi connectivity index (χ0v) is 16.2. The summed E-state index contributed by atoms with van der Waals surface area (Å²) in [4.78, 5) is 17.1. The number of alkyl halides is 2. The van der Waals surface area contributed by atoms with Crippen molar-refractivity contribution in [2.24, 2.45) is 5.92 Å². The molecule has 25 heavy (non-hydrogen) atoms. The van der Waals surface area contributed by atoms with E-state index in [0.717, 1.165) is 28.3 Å². The van der Waals surface area contributed by atoms with Crippen molar-refractivity contribution in [1.82, 2.24) is 10.3 Å². The number of rotatable bonds is 6. The Bertz CT molecular complexity index is 755. The summed E-state index contributed by atoms with van der Waals surface area (Å²) < 4.78 is -0.584. The van der Waals surface area contributed by atoms with Gasteiger partial charge in [0.1, 0.15) is 9.49 Å². The quantitative estimate of drug-likeness (QED) is 0.379. The number of carbonyl (C=O) groups is 1. The third kappa shape index (κ3) is 5.42. The molecule has 1 heterocycles. The van der Waals surface area contributed by atoms with Gasteiger partial charge >= 0.3 is 6.03 Å². The maximum atomic E-state index is 12.1. The number of aromatic nitrogens is 1. The van der Waals surface area contributed by atoms with Crippen molar-refractivity contribution in [2.45, 2.75) is 22.2 Å². The van der Waals surface area contributed by atoms with E-state index >= 15 is 0 Å². The van der Waals surface area contributed by atoms with Gasteiger partial charge in [-0.1, -0.05) is 29.8 Å². The number of nitrogens with zero attached hydrogens (tertiary/aromatic N) is 1. The van der Waals surface area contributed by atoms with Crippen LogP contribution >= 0.6 is 46.6 Å². The lowest BCUT2D eigenvalue weighted by atomic mass is 10.3. The van der Waals surface area contributed by atoms with E-state index < -0.39 is 4.33 Å². The predicted molar refractivity (Wildman–Crippen MR) is 105 cm³/mol. The van der Waals surface area contributed by atoms with E-state index in [2.05, 4.69) is 15.6 Å². The van der Waals surface area contributed by atoms with Gasteiger partial charge in [0.15, 0.2) is 0 Å². The van der Waals surface area contributed by atoms with Crippen molar-refractivity contribution < 1.29 is 4.79 Å². The molecule has 1 aliphatic rings. The lowest BCUT2D eigenvalue weighted by molar-refractivity contribution is 0.251. The largest absolute Gasteiger partial charge is 0.334 e. The van der Waals surface area contributed by atoms with Gasteiger partial charge in [0, 0.05) is 29.3 Å². The molecule has 1 aromatic heterocycles. The molecule has 2 amide bonds. The van der Waals surface area contributed by atoms with Gasteiger partial charge in [0.25, 0.3) is 0 Å². The number of anilines is 1. The number of para-hydroxylation sites is 1. The summed E-state index contributed by atoms with van der Waals surface area (Å²) in [5, 5.41) is 6.10. The summed E-state index contributed by atoms with van der Waals surface area (Å²) in [6.45, 7) is 0.369. The molecular weight excluding hydrogens is 401 g/mol. The Morgan fingerprint density at radius 3 is 2.72 bits per heavy atom. The predicted octanol–water partition coefficient (Wildman–Crippen LogP) is 5.34. The van der Waals surface area contributed by atoms with Crippen molar-refractivity contribution >= 4 is 58.3 Å². The Kier molecular flexibility index (Phi) is 6.00. The van der Waals surface area contributed by atoms with Crippen LogP contribution < -0.4 is 10.6 Å². The third-order valence-corrected chi connectivity index (χ3v) is 6.16. The van der Waals surface area contributed by atoms with Gasteiger partial charge in [0.2, 0.25) is 0 Å². The van der Waals surface area contributed by atoms with E-state index in [9.17, 15) is 4.79 Å². The summed E-state index contributed by atoms with van der Waals surface area (Å²) in [6.07, 6.45) is 2.45. The van der Waals surface area contributed by atoms with Crippen LogP contribution in [-0.2, 0) is 6.54 Å². The Balaban J connectivity index is 1.53. The van der Waals surface area contributed by atoms with E-state index in [-0.39, 0.29) is 6.03 Å². The van der Waals surface area contributed by atoms with Gasteiger partial charge < -0.3 is 10.6 Å². The lowest BCUT2D eigenvalue weighted by Gasteiger charge is -2.12. The number of amides is 2. The van der Waals surface area contributed by atoms with Crippen molar-refractivity contribution in [3.05, 3.63) is 53.3 Å². The molecule has 4 nitrogen and oxygen atoms in total. The van der Waals surface area contributed by atoms with Crippen molar-refractivity contribution in [1.29, 1.82) is 0 Å².